The molecule has 2 aromatic carbocycles. The van der Waals surface area contributed by atoms with Crippen molar-refractivity contribution >= 4 is 10.9 Å². The van der Waals surface area contributed by atoms with E-state index in [9.17, 15) is 4.79 Å². The first kappa shape index (κ1) is 31.1. The van der Waals surface area contributed by atoms with Crippen LogP contribution >= 0.6 is 0 Å². The van der Waals surface area contributed by atoms with Gasteiger partial charge in [-0.3, -0.25) is 4.79 Å². The lowest BCUT2D eigenvalue weighted by Crippen LogP contribution is -2.38. The third-order valence-electron chi connectivity index (χ3n) is 9.48. The summed E-state index contributed by atoms with van der Waals surface area (Å²) in [5.74, 6) is 3.66. The smallest absolute Gasteiger partial charge is 0.250 e. The number of aromatic nitrogens is 5. The Hall–Kier alpha value is -4.47. The number of hydrogen-bond acceptors (Lipinski definition) is 8. The quantitative estimate of drug-likeness (QED) is 0.175. The highest BCUT2D eigenvalue weighted by Gasteiger charge is 2.25. The molecule has 2 fully saturated rings. The number of likely N-dealkylation sites (tertiary alicyclic amines) is 1. The minimum absolute atomic E-state index is 0.0674. The molecule has 9 heteroatoms. The van der Waals surface area contributed by atoms with Crippen LogP contribution in [0.15, 0.2) is 83.9 Å². The predicted molar refractivity (Wildman–Crippen MR) is 183 cm³/mol. The van der Waals surface area contributed by atoms with Crippen LogP contribution in [0.1, 0.15) is 68.4 Å². The second-order valence-corrected chi connectivity index (χ2v) is 13.2. The van der Waals surface area contributed by atoms with Crippen LogP contribution < -0.4 is 10.3 Å². The van der Waals surface area contributed by atoms with Gasteiger partial charge in [-0.1, -0.05) is 19.9 Å². The van der Waals surface area contributed by atoms with Crippen molar-refractivity contribution in [1.82, 2.24) is 29.6 Å². The number of fused-ring (bicyclic) bond motifs is 1. The van der Waals surface area contributed by atoms with Crippen LogP contribution in [0.25, 0.3) is 22.2 Å². The second kappa shape index (κ2) is 14.1. The van der Waals surface area contributed by atoms with Gasteiger partial charge in [0.1, 0.15) is 17.3 Å². The largest absolute Gasteiger partial charge is 0.457 e. The maximum atomic E-state index is 12.6. The van der Waals surface area contributed by atoms with E-state index in [1.54, 1.807) is 22.9 Å². The molecule has 242 valence electrons. The molecule has 0 spiro atoms. The molecule has 2 aliphatic rings. The first-order chi connectivity index (χ1) is 23.0. The Morgan fingerprint density at radius 2 is 1.74 bits per heavy atom. The lowest BCUT2D eigenvalue weighted by atomic mass is 9.93. The summed E-state index contributed by atoms with van der Waals surface area (Å²) in [5.41, 5.74) is 4.40. The van der Waals surface area contributed by atoms with E-state index in [-0.39, 0.29) is 5.56 Å². The van der Waals surface area contributed by atoms with Crippen LogP contribution in [0.5, 0.6) is 11.5 Å². The first-order valence-corrected chi connectivity index (χ1v) is 16.9. The molecule has 0 saturated carbocycles. The van der Waals surface area contributed by atoms with Crippen LogP contribution in [-0.2, 0) is 11.3 Å². The Morgan fingerprint density at radius 1 is 0.936 bits per heavy atom. The Labute approximate surface area is 275 Å². The van der Waals surface area contributed by atoms with Crippen molar-refractivity contribution in [2.75, 3.05) is 32.8 Å². The minimum Gasteiger partial charge on any atom is -0.457 e. The van der Waals surface area contributed by atoms with Gasteiger partial charge < -0.3 is 18.9 Å². The highest BCUT2D eigenvalue weighted by molar-refractivity contribution is 5.81. The zero-order chi connectivity index (χ0) is 32.2. The molecule has 2 aliphatic heterocycles. The molecule has 0 unspecified atom stereocenters. The maximum Gasteiger partial charge on any atom is 0.250 e. The molecule has 0 bridgehead atoms. The number of rotatable bonds is 9. The molecule has 9 nitrogen and oxygen atoms in total. The standard InChI is InChI=1S/C38H42N6O3/c1-26(2)33-10-11-34(42-41-33)28-6-8-32(9-7-28)47-36-22-35-30(21-31(36)25-44-16-4-3-5-37(44)45)23-39-38(40-35)29-12-17-43(18-13-29)24-27-14-19-46-20-15-27/h3-11,16,21-23,26-27,29H,12-15,17-20,24-25H2,1-2H3. The van der Waals surface area contributed by atoms with E-state index in [2.05, 4.69) is 28.9 Å². The highest BCUT2D eigenvalue weighted by atomic mass is 16.5. The van der Waals surface area contributed by atoms with E-state index in [0.29, 0.717) is 29.9 Å². The molecule has 0 N–H and O–H groups in total. The van der Waals surface area contributed by atoms with Crippen LogP contribution in [0.3, 0.4) is 0 Å². The van der Waals surface area contributed by atoms with Crippen molar-refractivity contribution in [3.05, 3.63) is 107 Å². The summed E-state index contributed by atoms with van der Waals surface area (Å²) in [4.78, 5) is 25.1. The average Bonchev–Trinajstić information content (AvgIpc) is 3.10. The van der Waals surface area contributed by atoms with Crippen LogP contribution in [0.2, 0.25) is 0 Å². The number of hydrogen-bond donors (Lipinski definition) is 0. The third kappa shape index (κ3) is 7.42. The van der Waals surface area contributed by atoms with Gasteiger partial charge in [-0.05, 0) is 99.1 Å². The third-order valence-corrected chi connectivity index (χ3v) is 9.48. The SMILES string of the molecule is CC(C)c1ccc(-c2ccc(Oc3cc4nc(C5CCN(CC6CCOCC6)CC5)ncc4cc3Cn3ccccc3=O)cc2)nn1. The Bertz CT molecular complexity index is 1860. The monoisotopic (exact) mass is 630 g/mol. The number of benzene rings is 2. The van der Waals surface area contributed by atoms with Gasteiger partial charge >= 0.3 is 0 Å². The summed E-state index contributed by atoms with van der Waals surface area (Å²) in [6.07, 6.45) is 8.18. The van der Waals surface area contributed by atoms with E-state index in [4.69, 9.17) is 19.4 Å². The zero-order valence-corrected chi connectivity index (χ0v) is 27.2. The normalized spacial score (nSPS) is 16.6. The summed E-state index contributed by atoms with van der Waals surface area (Å²) in [6, 6.07) is 21.1. The van der Waals surface area contributed by atoms with Crippen molar-refractivity contribution < 1.29 is 9.47 Å². The van der Waals surface area contributed by atoms with Gasteiger partial charge in [0.15, 0.2) is 0 Å². The number of nitrogens with zero attached hydrogens (tertiary/aromatic N) is 6. The zero-order valence-electron chi connectivity index (χ0n) is 27.2. The van der Waals surface area contributed by atoms with E-state index < -0.39 is 0 Å². The fourth-order valence-corrected chi connectivity index (χ4v) is 6.60. The molecule has 0 atom stereocenters. The molecule has 0 amide bonds. The topological polar surface area (TPSA) is 95.3 Å². The van der Waals surface area contributed by atoms with Crippen LogP contribution in [0, 0.1) is 5.92 Å². The molecular formula is C38H42N6O3. The van der Waals surface area contributed by atoms with Crippen LogP contribution in [0.4, 0.5) is 0 Å². The molecule has 5 aromatic rings. The van der Waals surface area contributed by atoms with E-state index in [1.807, 2.05) is 60.8 Å². The summed E-state index contributed by atoms with van der Waals surface area (Å²) in [5, 5.41) is 9.72. The summed E-state index contributed by atoms with van der Waals surface area (Å²) in [7, 11) is 0. The molecule has 0 radical (unpaired) electrons. The Morgan fingerprint density at radius 3 is 2.47 bits per heavy atom. The van der Waals surface area contributed by atoms with Gasteiger partial charge in [0.05, 0.1) is 23.4 Å². The number of ether oxygens (including phenoxy) is 2. The summed E-state index contributed by atoms with van der Waals surface area (Å²) < 4.78 is 13.7. The Balaban J connectivity index is 1.12. The second-order valence-electron chi connectivity index (χ2n) is 13.2. The van der Waals surface area contributed by atoms with Crippen molar-refractivity contribution in [2.24, 2.45) is 5.92 Å². The fraction of sp³-hybridized carbons (Fsp3) is 0.395. The van der Waals surface area contributed by atoms with Crippen molar-refractivity contribution in [3.63, 3.8) is 0 Å². The van der Waals surface area contributed by atoms with Gasteiger partial charge in [0.2, 0.25) is 0 Å². The Kier molecular flexibility index (Phi) is 9.35. The maximum absolute atomic E-state index is 12.6. The average molecular weight is 631 g/mol. The summed E-state index contributed by atoms with van der Waals surface area (Å²) >= 11 is 0. The van der Waals surface area contributed by atoms with Gasteiger partial charge in [-0.25, -0.2) is 9.97 Å². The van der Waals surface area contributed by atoms with Gasteiger partial charge in [0, 0.05) is 66.7 Å². The lowest BCUT2D eigenvalue weighted by Gasteiger charge is -2.34. The minimum atomic E-state index is -0.0674. The molecular weight excluding hydrogens is 588 g/mol. The van der Waals surface area contributed by atoms with E-state index >= 15 is 0 Å². The molecule has 3 aromatic heterocycles. The number of piperidine rings is 1. The molecule has 2 saturated heterocycles. The molecule has 0 aliphatic carbocycles. The van der Waals surface area contributed by atoms with Crippen molar-refractivity contribution in [1.29, 1.82) is 0 Å². The fourth-order valence-electron chi connectivity index (χ4n) is 6.60. The van der Waals surface area contributed by atoms with Gasteiger partial charge in [-0.15, -0.1) is 0 Å². The highest BCUT2D eigenvalue weighted by Crippen LogP contribution is 2.33. The van der Waals surface area contributed by atoms with Gasteiger partial charge in [0.25, 0.3) is 5.56 Å². The van der Waals surface area contributed by atoms with Crippen LogP contribution in [-0.4, -0.2) is 62.5 Å². The number of pyridine rings is 1. The predicted octanol–water partition coefficient (Wildman–Crippen LogP) is 6.82. The molecule has 7 rings (SSSR count). The van der Waals surface area contributed by atoms with E-state index in [1.165, 1.54) is 19.4 Å². The van der Waals surface area contributed by atoms with E-state index in [0.717, 1.165) is 84.3 Å². The van der Waals surface area contributed by atoms with Crippen molar-refractivity contribution in [2.45, 2.75) is 57.9 Å². The molecule has 47 heavy (non-hydrogen) atoms. The molecule has 5 heterocycles. The van der Waals surface area contributed by atoms with Crippen molar-refractivity contribution in [3.8, 4) is 22.8 Å². The summed E-state index contributed by atoms with van der Waals surface area (Å²) in [6.45, 7) is 9.70. The first-order valence-electron chi connectivity index (χ1n) is 16.9. The van der Waals surface area contributed by atoms with Gasteiger partial charge in [-0.2, -0.15) is 10.2 Å². The lowest BCUT2D eigenvalue weighted by molar-refractivity contribution is 0.0486.